The summed E-state index contributed by atoms with van der Waals surface area (Å²) in [6.45, 7) is 3.72. The zero-order valence-corrected chi connectivity index (χ0v) is 14.5. The summed E-state index contributed by atoms with van der Waals surface area (Å²) >= 11 is 0. The van der Waals surface area contributed by atoms with Crippen molar-refractivity contribution in [3.05, 3.63) is 24.3 Å². The summed E-state index contributed by atoms with van der Waals surface area (Å²) in [7, 11) is 0. The Hall–Kier alpha value is -2.41. The Morgan fingerprint density at radius 3 is 2.52 bits per heavy atom. The van der Waals surface area contributed by atoms with Crippen molar-refractivity contribution >= 4 is 29.2 Å². The van der Waals surface area contributed by atoms with Crippen LogP contribution in [0, 0.1) is 0 Å². The number of carbonyl (C=O) groups is 3. The highest BCUT2D eigenvalue weighted by atomic mass is 16.4. The van der Waals surface area contributed by atoms with Gasteiger partial charge in [0, 0.05) is 37.3 Å². The molecule has 0 saturated carbocycles. The van der Waals surface area contributed by atoms with Gasteiger partial charge in [0.05, 0.1) is 6.54 Å². The van der Waals surface area contributed by atoms with Crippen molar-refractivity contribution in [3.63, 3.8) is 0 Å². The molecule has 7 heteroatoms. The fraction of sp³-hybridized carbons (Fsp3) is 0.500. The normalized spacial score (nSPS) is 14.2. The third-order valence-corrected chi connectivity index (χ3v) is 4.09. The molecule has 136 valence electrons. The number of aliphatic carboxylic acids is 1. The summed E-state index contributed by atoms with van der Waals surface area (Å²) in [5.41, 5.74) is 1.51. The molecular formula is C18H25N3O4. The van der Waals surface area contributed by atoms with Crippen molar-refractivity contribution in [2.45, 2.75) is 32.6 Å². The number of carboxylic acids is 1. The first-order valence-electron chi connectivity index (χ1n) is 8.64. The van der Waals surface area contributed by atoms with Gasteiger partial charge in [-0.3, -0.25) is 19.3 Å². The predicted molar refractivity (Wildman–Crippen MR) is 95.6 cm³/mol. The Kier molecular flexibility index (Phi) is 6.94. The van der Waals surface area contributed by atoms with Crippen LogP contribution in [0.15, 0.2) is 24.3 Å². The second-order valence-electron chi connectivity index (χ2n) is 6.16. The molecule has 2 N–H and O–H groups in total. The molecule has 2 amide bonds. The van der Waals surface area contributed by atoms with Gasteiger partial charge in [0.2, 0.25) is 11.8 Å². The molecule has 25 heavy (non-hydrogen) atoms. The van der Waals surface area contributed by atoms with Gasteiger partial charge in [0.15, 0.2) is 0 Å². The molecule has 1 aliphatic rings. The van der Waals surface area contributed by atoms with Crippen molar-refractivity contribution in [3.8, 4) is 0 Å². The van der Waals surface area contributed by atoms with Crippen LogP contribution in [0.1, 0.15) is 32.6 Å². The molecule has 1 fully saturated rings. The monoisotopic (exact) mass is 347 g/mol. The maximum atomic E-state index is 12.1. The average molecular weight is 347 g/mol. The second kappa shape index (κ2) is 9.17. The Morgan fingerprint density at radius 1 is 1.24 bits per heavy atom. The molecule has 0 atom stereocenters. The lowest BCUT2D eigenvalue weighted by Crippen LogP contribution is -2.33. The van der Waals surface area contributed by atoms with E-state index in [1.165, 1.54) is 0 Å². The van der Waals surface area contributed by atoms with Gasteiger partial charge in [-0.15, -0.1) is 0 Å². The van der Waals surface area contributed by atoms with E-state index in [-0.39, 0.29) is 24.8 Å². The van der Waals surface area contributed by atoms with Gasteiger partial charge in [-0.2, -0.15) is 0 Å². The smallest absolute Gasteiger partial charge is 0.317 e. The lowest BCUT2D eigenvalue weighted by atomic mass is 10.2. The van der Waals surface area contributed by atoms with Gasteiger partial charge in [0.25, 0.3) is 0 Å². The number of hydrogen-bond donors (Lipinski definition) is 2. The van der Waals surface area contributed by atoms with Gasteiger partial charge in [-0.25, -0.2) is 0 Å². The third kappa shape index (κ3) is 5.86. The Labute approximate surface area is 147 Å². The zero-order chi connectivity index (χ0) is 18.2. The number of carbonyl (C=O) groups excluding carboxylic acids is 2. The highest BCUT2D eigenvalue weighted by Gasteiger charge is 2.21. The first-order chi connectivity index (χ1) is 12.0. The molecule has 0 unspecified atom stereocenters. The van der Waals surface area contributed by atoms with Gasteiger partial charge < -0.3 is 15.3 Å². The molecule has 0 bridgehead atoms. The Balaban J connectivity index is 1.83. The number of nitrogens with one attached hydrogen (secondary N) is 1. The Morgan fingerprint density at radius 2 is 1.96 bits per heavy atom. The number of benzene rings is 1. The first-order valence-corrected chi connectivity index (χ1v) is 8.64. The van der Waals surface area contributed by atoms with E-state index in [1.807, 2.05) is 19.1 Å². The molecule has 0 spiro atoms. The summed E-state index contributed by atoms with van der Waals surface area (Å²) in [5.74, 6) is -0.913. The molecule has 0 radical (unpaired) electrons. The lowest BCUT2D eigenvalue weighted by Gasteiger charge is -2.19. The van der Waals surface area contributed by atoms with Gasteiger partial charge in [0.1, 0.15) is 0 Å². The van der Waals surface area contributed by atoms with Crippen LogP contribution in [-0.2, 0) is 14.4 Å². The van der Waals surface area contributed by atoms with Crippen molar-refractivity contribution in [2.75, 3.05) is 36.4 Å². The molecular weight excluding hydrogens is 322 g/mol. The van der Waals surface area contributed by atoms with Crippen LogP contribution in [0.4, 0.5) is 11.4 Å². The van der Waals surface area contributed by atoms with E-state index in [9.17, 15) is 14.4 Å². The minimum Gasteiger partial charge on any atom is -0.480 e. The van der Waals surface area contributed by atoms with Crippen molar-refractivity contribution < 1.29 is 19.5 Å². The SMILES string of the molecule is CCCN(CCC(=O)Nc1ccc(N2CCCC2=O)cc1)CC(=O)O. The van der Waals surface area contributed by atoms with E-state index in [2.05, 4.69) is 5.32 Å². The molecule has 1 aliphatic heterocycles. The van der Waals surface area contributed by atoms with E-state index in [0.717, 1.165) is 25.1 Å². The molecule has 7 nitrogen and oxygen atoms in total. The van der Waals surface area contributed by atoms with Crippen LogP contribution < -0.4 is 10.2 Å². The number of rotatable bonds is 9. The minimum atomic E-state index is -0.888. The summed E-state index contributed by atoms with van der Waals surface area (Å²) < 4.78 is 0. The number of amides is 2. The average Bonchev–Trinajstić information content (AvgIpc) is 2.99. The van der Waals surface area contributed by atoms with Crippen molar-refractivity contribution in [2.24, 2.45) is 0 Å². The summed E-state index contributed by atoms with van der Waals surface area (Å²) in [6.07, 6.45) is 2.54. The standard InChI is InChI=1S/C18H25N3O4/c1-2-10-20(13-18(24)25)12-9-16(22)19-14-5-7-15(8-6-14)21-11-3-4-17(21)23/h5-8H,2-4,9-13H2,1H3,(H,19,22)(H,24,25). The topological polar surface area (TPSA) is 90.0 Å². The van der Waals surface area contributed by atoms with Crippen LogP contribution in [0.25, 0.3) is 0 Å². The maximum Gasteiger partial charge on any atom is 0.317 e. The van der Waals surface area contributed by atoms with Crippen LogP contribution in [0.2, 0.25) is 0 Å². The molecule has 1 heterocycles. The third-order valence-electron chi connectivity index (χ3n) is 4.09. The lowest BCUT2D eigenvalue weighted by molar-refractivity contribution is -0.138. The number of nitrogens with zero attached hydrogens (tertiary/aromatic N) is 2. The van der Waals surface area contributed by atoms with E-state index >= 15 is 0 Å². The first kappa shape index (κ1) is 18.9. The van der Waals surface area contributed by atoms with Crippen LogP contribution in [0.3, 0.4) is 0 Å². The minimum absolute atomic E-state index is 0.0559. The fourth-order valence-electron chi connectivity index (χ4n) is 2.91. The van der Waals surface area contributed by atoms with E-state index < -0.39 is 5.97 Å². The van der Waals surface area contributed by atoms with E-state index in [0.29, 0.717) is 25.2 Å². The number of hydrogen-bond acceptors (Lipinski definition) is 4. The molecule has 2 rings (SSSR count). The second-order valence-corrected chi connectivity index (χ2v) is 6.16. The summed E-state index contributed by atoms with van der Waals surface area (Å²) in [4.78, 5) is 38.1. The largest absolute Gasteiger partial charge is 0.480 e. The highest BCUT2D eigenvalue weighted by molar-refractivity contribution is 5.96. The summed E-state index contributed by atoms with van der Waals surface area (Å²) in [5, 5.41) is 11.7. The van der Waals surface area contributed by atoms with Crippen LogP contribution in [0.5, 0.6) is 0 Å². The predicted octanol–water partition coefficient (Wildman–Crippen LogP) is 1.94. The molecule has 1 aromatic rings. The fourth-order valence-corrected chi connectivity index (χ4v) is 2.91. The number of anilines is 2. The Bertz CT molecular complexity index is 615. The number of carboxylic acid groups (broad SMARTS) is 1. The van der Waals surface area contributed by atoms with Crippen LogP contribution >= 0.6 is 0 Å². The van der Waals surface area contributed by atoms with E-state index in [4.69, 9.17) is 5.11 Å². The van der Waals surface area contributed by atoms with Crippen molar-refractivity contribution in [1.29, 1.82) is 0 Å². The van der Waals surface area contributed by atoms with Crippen LogP contribution in [-0.4, -0.2) is 54.0 Å². The summed E-state index contributed by atoms with van der Waals surface area (Å²) in [6, 6.07) is 7.21. The zero-order valence-electron chi connectivity index (χ0n) is 14.5. The van der Waals surface area contributed by atoms with E-state index in [1.54, 1.807) is 21.9 Å². The quantitative estimate of drug-likeness (QED) is 0.712. The maximum absolute atomic E-state index is 12.1. The molecule has 0 aromatic heterocycles. The molecule has 1 saturated heterocycles. The highest BCUT2D eigenvalue weighted by Crippen LogP contribution is 2.23. The molecule has 0 aliphatic carbocycles. The van der Waals surface area contributed by atoms with Gasteiger partial charge in [-0.05, 0) is 43.7 Å². The molecule has 1 aromatic carbocycles. The van der Waals surface area contributed by atoms with Gasteiger partial charge >= 0.3 is 5.97 Å². The van der Waals surface area contributed by atoms with Gasteiger partial charge in [-0.1, -0.05) is 6.92 Å². The van der Waals surface area contributed by atoms with Crippen molar-refractivity contribution in [1.82, 2.24) is 4.90 Å².